The lowest BCUT2D eigenvalue weighted by atomic mass is 10.1. The number of carboxylic acid groups (broad SMARTS) is 1. The van der Waals surface area contributed by atoms with Crippen LogP contribution in [0.15, 0.2) is 18.2 Å². The Balaban J connectivity index is 2.18. The number of nitrogens with zero attached hydrogens (tertiary/aromatic N) is 1. The Morgan fingerprint density at radius 1 is 1.44 bits per heavy atom. The predicted molar refractivity (Wildman–Crippen MR) is 62.1 cm³/mol. The van der Waals surface area contributed by atoms with E-state index in [1.165, 1.54) is 18.2 Å². The molecule has 1 aromatic carbocycles. The minimum Gasteiger partial charge on any atom is -0.481 e. The van der Waals surface area contributed by atoms with Crippen LogP contribution in [-0.2, 0) is 4.79 Å². The molecule has 2 rings (SSSR count). The zero-order valence-corrected chi connectivity index (χ0v) is 10.1. The molecule has 5 heteroatoms. The van der Waals surface area contributed by atoms with E-state index in [1.54, 1.807) is 11.8 Å². The van der Waals surface area contributed by atoms with E-state index in [0.717, 1.165) is 0 Å². The lowest BCUT2D eigenvalue weighted by Gasteiger charge is -2.25. The van der Waals surface area contributed by atoms with Crippen molar-refractivity contribution < 1.29 is 18.7 Å². The van der Waals surface area contributed by atoms with E-state index >= 15 is 0 Å². The monoisotopic (exact) mass is 255 g/mol. The topological polar surface area (TPSA) is 40.5 Å². The highest BCUT2D eigenvalue weighted by Crippen LogP contribution is 2.30. The third-order valence-corrected chi connectivity index (χ3v) is 3.53. The molecule has 0 saturated carbocycles. The molecule has 18 heavy (non-hydrogen) atoms. The number of likely N-dealkylation sites (tertiary alicyclic amines) is 1. The fourth-order valence-corrected chi connectivity index (χ4v) is 2.43. The third kappa shape index (κ3) is 2.36. The molecule has 0 amide bonds. The van der Waals surface area contributed by atoms with Gasteiger partial charge in [0.2, 0.25) is 0 Å². The Bertz CT molecular complexity index is 444. The largest absolute Gasteiger partial charge is 0.481 e. The molecule has 3 nitrogen and oxygen atoms in total. The van der Waals surface area contributed by atoms with Crippen molar-refractivity contribution >= 4 is 5.97 Å². The van der Waals surface area contributed by atoms with Crippen LogP contribution in [0.3, 0.4) is 0 Å². The Morgan fingerprint density at radius 2 is 2.06 bits per heavy atom. The van der Waals surface area contributed by atoms with Crippen LogP contribution in [0.5, 0.6) is 0 Å². The van der Waals surface area contributed by atoms with Gasteiger partial charge in [0.15, 0.2) is 0 Å². The molecule has 98 valence electrons. The van der Waals surface area contributed by atoms with Gasteiger partial charge in [-0.1, -0.05) is 6.07 Å². The molecule has 0 aliphatic carbocycles. The van der Waals surface area contributed by atoms with Crippen LogP contribution in [0.1, 0.15) is 24.9 Å². The highest BCUT2D eigenvalue weighted by Gasteiger charge is 2.32. The second kappa shape index (κ2) is 5.02. The summed E-state index contributed by atoms with van der Waals surface area (Å²) >= 11 is 0. The number of carboxylic acids is 1. The van der Waals surface area contributed by atoms with Gasteiger partial charge < -0.3 is 5.11 Å². The first kappa shape index (κ1) is 13.0. The highest BCUT2D eigenvalue weighted by atomic mass is 19.1. The zero-order chi connectivity index (χ0) is 13.3. The molecular weight excluding hydrogens is 240 g/mol. The normalized spacial score (nSPS) is 22.1. The van der Waals surface area contributed by atoms with Gasteiger partial charge in [-0.25, -0.2) is 8.78 Å². The van der Waals surface area contributed by atoms with E-state index < -0.39 is 29.6 Å². The van der Waals surface area contributed by atoms with Crippen molar-refractivity contribution in [3.8, 4) is 0 Å². The Morgan fingerprint density at radius 3 is 2.56 bits per heavy atom. The van der Waals surface area contributed by atoms with Crippen molar-refractivity contribution in [3.05, 3.63) is 35.4 Å². The van der Waals surface area contributed by atoms with Crippen molar-refractivity contribution in [2.75, 3.05) is 13.1 Å². The fraction of sp³-hybridized carbons (Fsp3) is 0.462. The SMILES string of the molecule is C[C@H](c1c(F)cccc1F)N1CC[C@H](C(=O)O)C1. The first-order valence-electron chi connectivity index (χ1n) is 5.91. The summed E-state index contributed by atoms with van der Waals surface area (Å²) in [5.74, 6) is -2.46. The maximum atomic E-state index is 13.6. The summed E-state index contributed by atoms with van der Waals surface area (Å²) in [6.45, 7) is 2.59. The second-order valence-corrected chi connectivity index (χ2v) is 4.63. The molecular formula is C13H15F2NO2. The summed E-state index contributed by atoms with van der Waals surface area (Å²) in [6, 6.07) is 3.32. The summed E-state index contributed by atoms with van der Waals surface area (Å²) in [6.07, 6.45) is 0.524. The predicted octanol–water partition coefficient (Wildman–Crippen LogP) is 2.43. The number of halogens is 2. The minimum atomic E-state index is -0.848. The quantitative estimate of drug-likeness (QED) is 0.901. The molecule has 1 N–H and O–H groups in total. The van der Waals surface area contributed by atoms with Gasteiger partial charge in [-0.3, -0.25) is 9.69 Å². The smallest absolute Gasteiger partial charge is 0.307 e. The Hall–Kier alpha value is -1.49. The summed E-state index contributed by atoms with van der Waals surface area (Å²) in [5, 5.41) is 8.92. The third-order valence-electron chi connectivity index (χ3n) is 3.53. The van der Waals surface area contributed by atoms with Crippen molar-refractivity contribution in [2.45, 2.75) is 19.4 Å². The second-order valence-electron chi connectivity index (χ2n) is 4.63. The summed E-state index contributed by atoms with van der Waals surface area (Å²) in [5.41, 5.74) is 0.0172. The Kier molecular flexibility index (Phi) is 3.61. The molecule has 1 aliphatic heterocycles. The van der Waals surface area contributed by atoms with E-state index in [0.29, 0.717) is 19.5 Å². The van der Waals surface area contributed by atoms with Crippen LogP contribution < -0.4 is 0 Å². The zero-order valence-electron chi connectivity index (χ0n) is 10.1. The van der Waals surface area contributed by atoms with E-state index in [9.17, 15) is 13.6 Å². The highest BCUT2D eigenvalue weighted by molar-refractivity contribution is 5.70. The lowest BCUT2D eigenvalue weighted by molar-refractivity contribution is -0.141. The average Bonchev–Trinajstić information content (AvgIpc) is 2.77. The van der Waals surface area contributed by atoms with E-state index in [-0.39, 0.29) is 5.56 Å². The van der Waals surface area contributed by atoms with Gasteiger partial charge in [0.25, 0.3) is 0 Å². The molecule has 0 unspecified atom stereocenters. The number of rotatable bonds is 3. The van der Waals surface area contributed by atoms with Crippen molar-refractivity contribution in [3.63, 3.8) is 0 Å². The van der Waals surface area contributed by atoms with Gasteiger partial charge in [0.1, 0.15) is 11.6 Å². The van der Waals surface area contributed by atoms with Gasteiger partial charge in [-0.15, -0.1) is 0 Å². The molecule has 0 spiro atoms. The van der Waals surface area contributed by atoms with Crippen LogP contribution in [0.25, 0.3) is 0 Å². The van der Waals surface area contributed by atoms with Gasteiger partial charge >= 0.3 is 5.97 Å². The summed E-state index contributed by atoms with van der Waals surface area (Å²) in [4.78, 5) is 12.7. The average molecular weight is 255 g/mol. The van der Waals surface area contributed by atoms with Crippen molar-refractivity contribution in [1.82, 2.24) is 4.90 Å². The number of hydrogen-bond acceptors (Lipinski definition) is 2. The van der Waals surface area contributed by atoms with E-state index in [2.05, 4.69) is 0 Å². The number of carbonyl (C=O) groups is 1. The van der Waals surface area contributed by atoms with Crippen LogP contribution in [0, 0.1) is 17.6 Å². The van der Waals surface area contributed by atoms with Gasteiger partial charge in [-0.05, 0) is 32.0 Å². The number of benzene rings is 1. The fourth-order valence-electron chi connectivity index (χ4n) is 2.43. The molecule has 1 saturated heterocycles. The van der Waals surface area contributed by atoms with Crippen LogP contribution in [-0.4, -0.2) is 29.1 Å². The van der Waals surface area contributed by atoms with Crippen molar-refractivity contribution in [1.29, 1.82) is 0 Å². The number of hydrogen-bond donors (Lipinski definition) is 1. The Labute approximate surface area is 104 Å². The van der Waals surface area contributed by atoms with Crippen molar-refractivity contribution in [2.24, 2.45) is 5.92 Å². The van der Waals surface area contributed by atoms with Crippen LogP contribution >= 0.6 is 0 Å². The molecule has 1 fully saturated rings. The van der Waals surface area contributed by atoms with Gasteiger partial charge in [0, 0.05) is 18.2 Å². The molecule has 1 aromatic rings. The maximum Gasteiger partial charge on any atom is 0.307 e. The van der Waals surface area contributed by atoms with Crippen LogP contribution in [0.2, 0.25) is 0 Å². The molecule has 1 aliphatic rings. The standard InChI is InChI=1S/C13H15F2NO2/c1-8(12-10(14)3-2-4-11(12)15)16-6-5-9(7-16)13(17)18/h2-4,8-9H,5-7H2,1H3,(H,17,18)/t8-,9+/m1/s1. The van der Waals surface area contributed by atoms with Gasteiger partial charge in [-0.2, -0.15) is 0 Å². The van der Waals surface area contributed by atoms with E-state index in [1.807, 2.05) is 0 Å². The summed E-state index contributed by atoms with van der Waals surface area (Å²) < 4.78 is 27.3. The van der Waals surface area contributed by atoms with Gasteiger partial charge in [0.05, 0.1) is 5.92 Å². The maximum absolute atomic E-state index is 13.6. The molecule has 1 heterocycles. The molecule has 0 aromatic heterocycles. The molecule has 2 atom stereocenters. The van der Waals surface area contributed by atoms with Crippen LogP contribution in [0.4, 0.5) is 8.78 Å². The lowest BCUT2D eigenvalue weighted by Crippen LogP contribution is -2.27. The first-order chi connectivity index (χ1) is 8.50. The summed E-state index contributed by atoms with van der Waals surface area (Å²) in [7, 11) is 0. The first-order valence-corrected chi connectivity index (χ1v) is 5.91. The number of aliphatic carboxylic acids is 1. The molecule has 0 radical (unpaired) electrons. The van der Waals surface area contributed by atoms with E-state index in [4.69, 9.17) is 5.11 Å². The molecule has 0 bridgehead atoms. The minimum absolute atomic E-state index is 0.0172.